The maximum Gasteiger partial charge on any atom is 0.338 e. The first kappa shape index (κ1) is 31.5. The Morgan fingerprint density at radius 3 is 2.62 bits per heavy atom. The Hall–Kier alpha value is -4.05. The van der Waals surface area contributed by atoms with Gasteiger partial charge in [-0.25, -0.2) is 14.8 Å². The molecule has 9 nitrogen and oxygen atoms in total. The second-order valence-corrected chi connectivity index (χ2v) is 13.9. The number of rotatable bonds is 9. The third kappa shape index (κ3) is 7.27. The number of esters is 1. The number of carbonyl (C=O) groups is 1. The van der Waals surface area contributed by atoms with E-state index in [0.29, 0.717) is 29.0 Å². The molecular formula is C37H40ClN5O4. The Morgan fingerprint density at radius 1 is 1.02 bits per heavy atom. The number of fused-ring (bicyclic) bond motifs is 2. The van der Waals surface area contributed by atoms with Crippen molar-refractivity contribution in [2.75, 3.05) is 19.7 Å². The standard InChI is InChI=1S/C37H40ClN5O4/c1-37(2,3)47-36(44)26-9-10-31-32(20-26)43(21-29-13-17-45-29)33(40-31)22-42-15-11-24(12-16-42)30-7-4-8-34(41-30)46-23-27-19-28(38)18-25-6-5-14-39-35(25)27/h4-10,14,18-20,24,29H,11-13,15-17,21-23H2,1-3H3. The third-order valence-electron chi connectivity index (χ3n) is 8.88. The van der Waals surface area contributed by atoms with Crippen molar-refractivity contribution in [3.05, 3.63) is 94.5 Å². The summed E-state index contributed by atoms with van der Waals surface area (Å²) >= 11 is 6.36. The molecule has 244 valence electrons. The average Bonchev–Trinajstić information content (AvgIpc) is 3.37. The molecule has 0 radical (unpaired) electrons. The second-order valence-electron chi connectivity index (χ2n) is 13.5. The van der Waals surface area contributed by atoms with E-state index in [4.69, 9.17) is 35.8 Å². The molecule has 5 aromatic rings. The van der Waals surface area contributed by atoms with Gasteiger partial charge in [0.15, 0.2) is 0 Å². The lowest BCUT2D eigenvalue weighted by molar-refractivity contribution is -0.0592. The Balaban J connectivity index is 1.02. The first-order valence-corrected chi connectivity index (χ1v) is 16.8. The molecule has 1 unspecified atom stereocenters. The number of imidazole rings is 1. The van der Waals surface area contributed by atoms with E-state index in [1.165, 1.54) is 0 Å². The van der Waals surface area contributed by atoms with Gasteiger partial charge in [-0.15, -0.1) is 0 Å². The van der Waals surface area contributed by atoms with Crippen molar-refractivity contribution in [2.45, 2.75) is 77.4 Å². The molecule has 0 bridgehead atoms. The maximum atomic E-state index is 12.9. The summed E-state index contributed by atoms with van der Waals surface area (Å²) in [5.74, 6) is 1.62. The molecule has 5 heterocycles. The Labute approximate surface area is 279 Å². The first-order chi connectivity index (χ1) is 22.7. The van der Waals surface area contributed by atoms with E-state index in [2.05, 4.69) is 20.5 Å². The number of hydrogen-bond donors (Lipinski definition) is 0. The zero-order valence-electron chi connectivity index (χ0n) is 27.1. The van der Waals surface area contributed by atoms with Crippen molar-refractivity contribution in [2.24, 2.45) is 0 Å². The summed E-state index contributed by atoms with van der Waals surface area (Å²) in [6, 6.07) is 19.4. The predicted molar refractivity (Wildman–Crippen MR) is 182 cm³/mol. The maximum absolute atomic E-state index is 12.9. The lowest BCUT2D eigenvalue weighted by Gasteiger charge is -2.32. The number of halogens is 1. The number of ether oxygens (including phenoxy) is 3. The van der Waals surface area contributed by atoms with Gasteiger partial charge in [0.1, 0.15) is 18.0 Å². The highest BCUT2D eigenvalue weighted by Gasteiger charge is 2.27. The van der Waals surface area contributed by atoms with Crippen LogP contribution in [-0.2, 0) is 29.2 Å². The van der Waals surface area contributed by atoms with Gasteiger partial charge in [-0.1, -0.05) is 23.7 Å². The second kappa shape index (κ2) is 13.2. The van der Waals surface area contributed by atoms with Crippen molar-refractivity contribution in [3.8, 4) is 5.88 Å². The Morgan fingerprint density at radius 2 is 1.85 bits per heavy atom. The van der Waals surface area contributed by atoms with E-state index in [1.807, 2.05) is 75.4 Å². The zero-order valence-corrected chi connectivity index (χ0v) is 27.9. The van der Waals surface area contributed by atoms with Crippen LogP contribution in [0.25, 0.3) is 21.9 Å². The molecule has 2 aliphatic rings. The van der Waals surface area contributed by atoms with Crippen LogP contribution in [0.5, 0.6) is 5.88 Å². The number of pyridine rings is 2. The molecule has 0 aliphatic carbocycles. The van der Waals surface area contributed by atoms with Gasteiger partial charge in [0, 0.05) is 46.5 Å². The minimum Gasteiger partial charge on any atom is -0.473 e. The van der Waals surface area contributed by atoms with Crippen molar-refractivity contribution < 1.29 is 19.0 Å². The zero-order chi connectivity index (χ0) is 32.5. The quantitative estimate of drug-likeness (QED) is 0.153. The van der Waals surface area contributed by atoms with Crippen LogP contribution in [0.3, 0.4) is 0 Å². The summed E-state index contributed by atoms with van der Waals surface area (Å²) < 4.78 is 19.8. The summed E-state index contributed by atoms with van der Waals surface area (Å²) in [5, 5.41) is 1.65. The van der Waals surface area contributed by atoms with Gasteiger partial charge in [-0.2, -0.15) is 0 Å². The van der Waals surface area contributed by atoms with E-state index in [1.54, 1.807) is 6.20 Å². The molecule has 7 rings (SSSR count). The van der Waals surface area contributed by atoms with E-state index in [-0.39, 0.29) is 12.1 Å². The van der Waals surface area contributed by atoms with Crippen LogP contribution in [0.4, 0.5) is 0 Å². The van der Waals surface area contributed by atoms with E-state index in [0.717, 1.165) is 91.1 Å². The third-order valence-corrected chi connectivity index (χ3v) is 9.10. The number of carbonyl (C=O) groups excluding carboxylic acids is 1. The summed E-state index contributed by atoms with van der Waals surface area (Å²) in [4.78, 5) is 29.8. The van der Waals surface area contributed by atoms with Crippen molar-refractivity contribution in [1.29, 1.82) is 0 Å². The number of likely N-dealkylation sites (tertiary alicyclic amines) is 1. The Kier molecular flexibility index (Phi) is 8.87. The summed E-state index contributed by atoms with van der Waals surface area (Å²) in [7, 11) is 0. The molecule has 47 heavy (non-hydrogen) atoms. The SMILES string of the molecule is CC(C)(C)OC(=O)c1ccc2nc(CN3CCC(c4cccc(OCc5cc(Cl)cc6cccnc56)n4)CC3)n(CC3CCO3)c2c1. The highest BCUT2D eigenvalue weighted by atomic mass is 35.5. The normalized spacial score (nSPS) is 17.6. The minimum absolute atomic E-state index is 0.163. The van der Waals surface area contributed by atoms with Gasteiger partial charge in [0.05, 0.1) is 41.3 Å². The molecule has 2 aliphatic heterocycles. The van der Waals surface area contributed by atoms with Crippen LogP contribution in [0.15, 0.2) is 66.9 Å². The van der Waals surface area contributed by atoms with Gasteiger partial charge < -0.3 is 18.8 Å². The van der Waals surface area contributed by atoms with Gasteiger partial charge in [-0.3, -0.25) is 9.88 Å². The fourth-order valence-corrected chi connectivity index (χ4v) is 6.66. The fraction of sp³-hybridized carbons (Fsp3) is 0.405. The highest BCUT2D eigenvalue weighted by molar-refractivity contribution is 6.31. The van der Waals surface area contributed by atoms with Crippen LogP contribution in [-0.4, -0.2) is 61.8 Å². The number of nitrogens with zero attached hydrogens (tertiary/aromatic N) is 5. The fourth-order valence-electron chi connectivity index (χ4n) is 6.41. The summed E-state index contributed by atoms with van der Waals surface area (Å²) in [5.41, 5.74) is 4.67. The number of hydrogen-bond acceptors (Lipinski definition) is 8. The average molecular weight is 654 g/mol. The molecule has 10 heteroatoms. The molecular weight excluding hydrogens is 614 g/mol. The molecule has 2 saturated heterocycles. The van der Waals surface area contributed by atoms with Crippen LogP contribution in [0, 0.1) is 0 Å². The topological polar surface area (TPSA) is 91.6 Å². The van der Waals surface area contributed by atoms with Crippen LogP contribution < -0.4 is 4.74 Å². The first-order valence-electron chi connectivity index (χ1n) is 16.4. The lowest BCUT2D eigenvalue weighted by Crippen LogP contribution is -2.35. The van der Waals surface area contributed by atoms with Crippen molar-refractivity contribution in [3.63, 3.8) is 0 Å². The van der Waals surface area contributed by atoms with Crippen molar-refractivity contribution in [1.82, 2.24) is 24.4 Å². The van der Waals surface area contributed by atoms with E-state index >= 15 is 0 Å². The smallest absolute Gasteiger partial charge is 0.338 e. The van der Waals surface area contributed by atoms with Crippen LogP contribution in [0.1, 0.15) is 73.4 Å². The van der Waals surface area contributed by atoms with Crippen LogP contribution in [0.2, 0.25) is 5.02 Å². The van der Waals surface area contributed by atoms with E-state index < -0.39 is 5.60 Å². The number of piperidine rings is 1. The monoisotopic (exact) mass is 653 g/mol. The van der Waals surface area contributed by atoms with Crippen LogP contribution >= 0.6 is 11.6 Å². The molecule has 0 spiro atoms. The summed E-state index contributed by atoms with van der Waals surface area (Å²) in [6.45, 7) is 10.1. The molecule has 2 fully saturated rings. The molecule has 0 N–H and O–H groups in total. The van der Waals surface area contributed by atoms with Crippen molar-refractivity contribution >= 4 is 39.5 Å². The Bertz CT molecular complexity index is 1910. The van der Waals surface area contributed by atoms with Gasteiger partial charge in [0.25, 0.3) is 0 Å². The largest absolute Gasteiger partial charge is 0.473 e. The number of benzene rings is 2. The molecule has 3 aromatic heterocycles. The minimum atomic E-state index is -0.558. The highest BCUT2D eigenvalue weighted by Crippen LogP contribution is 2.31. The lowest BCUT2D eigenvalue weighted by atomic mass is 9.93. The summed E-state index contributed by atoms with van der Waals surface area (Å²) in [6.07, 6.45) is 4.96. The molecule has 1 atom stereocenters. The van der Waals surface area contributed by atoms with Gasteiger partial charge in [-0.05, 0) is 95.6 Å². The van der Waals surface area contributed by atoms with Gasteiger partial charge >= 0.3 is 5.97 Å². The molecule has 2 aromatic carbocycles. The predicted octanol–water partition coefficient (Wildman–Crippen LogP) is 7.34. The van der Waals surface area contributed by atoms with E-state index in [9.17, 15) is 4.79 Å². The van der Waals surface area contributed by atoms with Gasteiger partial charge in [0.2, 0.25) is 5.88 Å². The molecule has 0 amide bonds. The molecule has 0 saturated carbocycles. The number of aromatic nitrogens is 4.